The van der Waals surface area contributed by atoms with Crippen molar-refractivity contribution < 1.29 is 0 Å². The summed E-state index contributed by atoms with van der Waals surface area (Å²) in [5, 5.41) is 11.4. The molecule has 0 aromatic carbocycles. The van der Waals surface area contributed by atoms with Crippen molar-refractivity contribution >= 4 is 5.95 Å². The van der Waals surface area contributed by atoms with Gasteiger partial charge in [-0.2, -0.15) is 0 Å². The molecule has 1 heterocycles. The number of aryl methyl sites for hydroxylation is 1. The lowest BCUT2D eigenvalue weighted by Crippen LogP contribution is -2.10. The molecule has 0 unspecified atom stereocenters. The molecule has 0 spiro atoms. The third-order valence-corrected chi connectivity index (χ3v) is 2.08. The first-order valence-electron chi connectivity index (χ1n) is 5.19. The number of nitrogens with zero attached hydrogens (tertiary/aromatic N) is 3. The van der Waals surface area contributed by atoms with Crippen molar-refractivity contribution in [1.29, 1.82) is 0 Å². The maximum atomic E-state index is 5.46. The normalized spacial score (nSPS) is 10.5. The zero-order chi connectivity index (χ0) is 10.4. The zero-order valence-corrected chi connectivity index (χ0v) is 8.95. The maximum Gasteiger partial charge on any atom is 0.224 e. The van der Waals surface area contributed by atoms with E-state index in [4.69, 9.17) is 5.73 Å². The van der Waals surface area contributed by atoms with E-state index < -0.39 is 0 Å². The summed E-state index contributed by atoms with van der Waals surface area (Å²) in [7, 11) is 0. The molecule has 0 aliphatic carbocycles. The summed E-state index contributed by atoms with van der Waals surface area (Å²) in [5.41, 5.74) is 5.46. The highest BCUT2D eigenvalue weighted by atomic mass is 15.3. The van der Waals surface area contributed by atoms with Crippen molar-refractivity contribution in [3.8, 4) is 0 Å². The number of rotatable bonds is 6. The summed E-state index contributed by atoms with van der Waals surface area (Å²) in [6, 6.07) is 0. The zero-order valence-electron chi connectivity index (χ0n) is 8.95. The average Bonchev–Trinajstić information content (AvgIpc) is 2.58. The Labute approximate surface area is 84.7 Å². The van der Waals surface area contributed by atoms with E-state index in [1.807, 2.05) is 6.92 Å². The van der Waals surface area contributed by atoms with Gasteiger partial charge in [0.05, 0.1) is 0 Å². The molecule has 0 atom stereocenters. The molecule has 0 aliphatic heterocycles. The summed E-state index contributed by atoms with van der Waals surface area (Å²) < 4.78 is 2.10. The molecule has 14 heavy (non-hydrogen) atoms. The monoisotopic (exact) mass is 197 g/mol. The van der Waals surface area contributed by atoms with Crippen LogP contribution in [0.25, 0.3) is 0 Å². The molecule has 0 saturated heterocycles. The lowest BCUT2D eigenvalue weighted by atomic mass is 10.3. The van der Waals surface area contributed by atoms with E-state index in [0.29, 0.717) is 6.54 Å². The Bertz CT molecular complexity index is 268. The minimum absolute atomic E-state index is 0.702. The molecule has 1 aromatic heterocycles. The predicted octanol–water partition coefficient (Wildman–Crippen LogP) is 0.621. The quantitative estimate of drug-likeness (QED) is 0.701. The Morgan fingerprint density at radius 3 is 2.71 bits per heavy atom. The molecule has 5 heteroatoms. The van der Waals surface area contributed by atoms with E-state index >= 15 is 0 Å². The first kappa shape index (κ1) is 11.0. The molecule has 3 N–H and O–H groups in total. The molecule has 80 valence electrons. The van der Waals surface area contributed by atoms with E-state index in [0.717, 1.165) is 37.7 Å². The number of hydrogen-bond acceptors (Lipinski definition) is 4. The molecular formula is C9H19N5. The van der Waals surface area contributed by atoms with Crippen molar-refractivity contribution in [3.05, 3.63) is 5.82 Å². The average molecular weight is 197 g/mol. The van der Waals surface area contributed by atoms with Gasteiger partial charge in [-0.15, -0.1) is 10.2 Å². The first-order chi connectivity index (χ1) is 6.83. The number of nitrogens with one attached hydrogen (secondary N) is 1. The van der Waals surface area contributed by atoms with Crippen molar-refractivity contribution in [1.82, 2.24) is 14.8 Å². The van der Waals surface area contributed by atoms with Gasteiger partial charge in [-0.3, -0.25) is 4.57 Å². The van der Waals surface area contributed by atoms with Crippen LogP contribution in [-0.4, -0.2) is 27.9 Å². The molecule has 1 rings (SSSR count). The Kier molecular flexibility index (Phi) is 4.39. The van der Waals surface area contributed by atoms with Gasteiger partial charge >= 0.3 is 0 Å². The highest BCUT2D eigenvalue weighted by Crippen LogP contribution is 2.08. The smallest absolute Gasteiger partial charge is 0.224 e. The van der Waals surface area contributed by atoms with Crippen LogP contribution in [0.1, 0.15) is 26.1 Å². The molecule has 0 aliphatic rings. The van der Waals surface area contributed by atoms with Gasteiger partial charge in [-0.1, -0.05) is 0 Å². The summed E-state index contributed by atoms with van der Waals surface area (Å²) >= 11 is 0. The highest BCUT2D eigenvalue weighted by molar-refractivity contribution is 5.25. The topological polar surface area (TPSA) is 68.8 Å². The standard InChI is InChI=1S/C9H19N5/c1-3-11-9-13-12-8(6-5-7-10)14(9)4-2/h3-7,10H2,1-2H3,(H,11,13). The fourth-order valence-electron chi connectivity index (χ4n) is 1.40. The van der Waals surface area contributed by atoms with Crippen LogP contribution in [0.15, 0.2) is 0 Å². The van der Waals surface area contributed by atoms with E-state index in [-0.39, 0.29) is 0 Å². The molecule has 5 nitrogen and oxygen atoms in total. The van der Waals surface area contributed by atoms with Crippen LogP contribution in [0.5, 0.6) is 0 Å². The van der Waals surface area contributed by atoms with Crippen molar-refractivity contribution in [2.45, 2.75) is 33.2 Å². The van der Waals surface area contributed by atoms with Gasteiger partial charge in [0, 0.05) is 19.5 Å². The predicted molar refractivity (Wildman–Crippen MR) is 57.2 cm³/mol. The minimum atomic E-state index is 0.702. The summed E-state index contributed by atoms with van der Waals surface area (Å²) in [5.74, 6) is 1.89. The SMILES string of the molecule is CCNc1nnc(CCCN)n1CC. The van der Waals surface area contributed by atoms with Gasteiger partial charge in [0.1, 0.15) is 5.82 Å². The third-order valence-electron chi connectivity index (χ3n) is 2.08. The van der Waals surface area contributed by atoms with E-state index in [1.165, 1.54) is 0 Å². The number of aromatic nitrogens is 3. The van der Waals surface area contributed by atoms with Gasteiger partial charge in [0.2, 0.25) is 5.95 Å². The minimum Gasteiger partial charge on any atom is -0.355 e. The second kappa shape index (κ2) is 5.59. The molecular weight excluding hydrogens is 178 g/mol. The Hall–Kier alpha value is -1.10. The molecule has 0 fully saturated rings. The highest BCUT2D eigenvalue weighted by Gasteiger charge is 2.08. The summed E-state index contributed by atoms with van der Waals surface area (Å²) in [6.45, 7) is 6.61. The number of nitrogens with two attached hydrogens (primary N) is 1. The van der Waals surface area contributed by atoms with Gasteiger partial charge in [-0.25, -0.2) is 0 Å². The van der Waals surface area contributed by atoms with Crippen LogP contribution in [0.3, 0.4) is 0 Å². The van der Waals surface area contributed by atoms with Gasteiger partial charge in [0.15, 0.2) is 0 Å². The molecule has 1 aromatic rings. The van der Waals surface area contributed by atoms with E-state index in [1.54, 1.807) is 0 Å². The lowest BCUT2D eigenvalue weighted by molar-refractivity contribution is 0.675. The molecule has 0 saturated carbocycles. The Morgan fingerprint density at radius 2 is 2.14 bits per heavy atom. The number of anilines is 1. The largest absolute Gasteiger partial charge is 0.355 e. The fraction of sp³-hybridized carbons (Fsp3) is 0.778. The van der Waals surface area contributed by atoms with Crippen LogP contribution < -0.4 is 11.1 Å². The van der Waals surface area contributed by atoms with Crippen LogP contribution in [0, 0.1) is 0 Å². The molecule has 0 amide bonds. The van der Waals surface area contributed by atoms with E-state index in [2.05, 4.69) is 27.0 Å². The number of hydrogen-bond donors (Lipinski definition) is 2. The maximum absolute atomic E-state index is 5.46. The Balaban J connectivity index is 2.73. The fourth-order valence-corrected chi connectivity index (χ4v) is 1.40. The van der Waals surface area contributed by atoms with Crippen molar-refractivity contribution in [3.63, 3.8) is 0 Å². The second-order valence-corrected chi connectivity index (χ2v) is 3.11. The third kappa shape index (κ3) is 2.45. The van der Waals surface area contributed by atoms with Gasteiger partial charge < -0.3 is 11.1 Å². The lowest BCUT2D eigenvalue weighted by Gasteiger charge is -2.07. The Morgan fingerprint density at radius 1 is 1.36 bits per heavy atom. The van der Waals surface area contributed by atoms with Gasteiger partial charge in [-0.05, 0) is 26.8 Å². The second-order valence-electron chi connectivity index (χ2n) is 3.11. The summed E-state index contributed by atoms with van der Waals surface area (Å²) in [6.07, 6.45) is 1.87. The first-order valence-corrected chi connectivity index (χ1v) is 5.19. The van der Waals surface area contributed by atoms with Crippen molar-refractivity contribution in [2.24, 2.45) is 5.73 Å². The molecule has 0 radical (unpaired) electrons. The van der Waals surface area contributed by atoms with E-state index in [9.17, 15) is 0 Å². The van der Waals surface area contributed by atoms with Crippen LogP contribution >= 0.6 is 0 Å². The molecule has 0 bridgehead atoms. The van der Waals surface area contributed by atoms with Crippen LogP contribution in [0.4, 0.5) is 5.95 Å². The van der Waals surface area contributed by atoms with Crippen molar-refractivity contribution in [2.75, 3.05) is 18.4 Å². The van der Waals surface area contributed by atoms with Crippen LogP contribution in [0.2, 0.25) is 0 Å². The summed E-state index contributed by atoms with van der Waals surface area (Å²) in [4.78, 5) is 0. The van der Waals surface area contributed by atoms with Gasteiger partial charge in [0.25, 0.3) is 0 Å². The van der Waals surface area contributed by atoms with Crippen LogP contribution in [-0.2, 0) is 13.0 Å².